The minimum atomic E-state index is 0.0189. The molecule has 3 rings (SSSR count). The first-order valence-electron chi connectivity index (χ1n) is 6.58. The van der Waals surface area contributed by atoms with Gasteiger partial charge >= 0.3 is 0 Å². The third-order valence-corrected chi connectivity index (χ3v) is 3.65. The second-order valence-electron chi connectivity index (χ2n) is 5.03. The lowest BCUT2D eigenvalue weighted by atomic mass is 10.0. The second kappa shape index (κ2) is 4.53. The molecule has 0 bridgehead atoms. The van der Waals surface area contributed by atoms with E-state index in [4.69, 9.17) is 0 Å². The Kier molecular flexibility index (Phi) is 2.85. The summed E-state index contributed by atoms with van der Waals surface area (Å²) < 4.78 is 1.70. The third-order valence-electron chi connectivity index (χ3n) is 3.65. The van der Waals surface area contributed by atoms with E-state index in [1.807, 2.05) is 6.07 Å². The van der Waals surface area contributed by atoms with Crippen molar-refractivity contribution in [3.63, 3.8) is 0 Å². The van der Waals surface area contributed by atoms with Gasteiger partial charge in [-0.15, -0.1) is 0 Å². The summed E-state index contributed by atoms with van der Waals surface area (Å²) >= 11 is 0. The maximum absolute atomic E-state index is 12.1. The molecule has 0 atom stereocenters. The molecule has 0 saturated heterocycles. The van der Waals surface area contributed by atoms with Crippen molar-refractivity contribution >= 4 is 5.95 Å². The molecule has 2 aromatic rings. The van der Waals surface area contributed by atoms with Crippen molar-refractivity contribution in [2.45, 2.75) is 26.8 Å². The first-order chi connectivity index (χ1) is 9.15. The van der Waals surface area contributed by atoms with Crippen molar-refractivity contribution in [2.24, 2.45) is 0 Å². The quantitative estimate of drug-likeness (QED) is 0.850. The number of anilines is 1. The molecule has 1 aromatic carbocycles. The van der Waals surface area contributed by atoms with E-state index in [9.17, 15) is 4.79 Å². The van der Waals surface area contributed by atoms with E-state index in [0.717, 1.165) is 30.8 Å². The zero-order chi connectivity index (χ0) is 13.4. The van der Waals surface area contributed by atoms with Crippen LogP contribution in [0.25, 0.3) is 11.3 Å². The molecule has 1 aliphatic rings. The third kappa shape index (κ3) is 2.14. The van der Waals surface area contributed by atoms with Gasteiger partial charge in [-0.2, -0.15) is 0 Å². The summed E-state index contributed by atoms with van der Waals surface area (Å²) in [6.07, 6.45) is 0.970. The first-order valence-corrected chi connectivity index (χ1v) is 6.58. The summed E-state index contributed by atoms with van der Waals surface area (Å²) in [5.74, 6) is 0.687. The molecule has 98 valence electrons. The number of benzene rings is 1. The standard InChI is InChI=1S/C15H17N3O/c1-10-4-5-12(8-11(10)2)13-9-14(19)18-7-3-6-16-15(18)17-13/h4-5,8-9H,3,6-7H2,1-2H3,(H,16,17). The molecule has 4 nitrogen and oxygen atoms in total. The van der Waals surface area contributed by atoms with Crippen LogP contribution in [-0.4, -0.2) is 16.1 Å². The molecule has 0 radical (unpaired) electrons. The van der Waals surface area contributed by atoms with Gasteiger partial charge in [0, 0.05) is 24.7 Å². The van der Waals surface area contributed by atoms with Crippen LogP contribution < -0.4 is 10.9 Å². The van der Waals surface area contributed by atoms with Crippen molar-refractivity contribution in [1.82, 2.24) is 9.55 Å². The maximum Gasteiger partial charge on any atom is 0.255 e. The van der Waals surface area contributed by atoms with Crippen LogP contribution in [0, 0.1) is 13.8 Å². The fourth-order valence-electron chi connectivity index (χ4n) is 2.34. The summed E-state index contributed by atoms with van der Waals surface area (Å²) in [5.41, 5.74) is 4.22. The average molecular weight is 255 g/mol. The molecule has 0 unspecified atom stereocenters. The summed E-state index contributed by atoms with van der Waals surface area (Å²) in [7, 11) is 0. The number of rotatable bonds is 1. The van der Waals surface area contributed by atoms with Gasteiger partial charge in [-0.3, -0.25) is 9.36 Å². The fourth-order valence-corrected chi connectivity index (χ4v) is 2.34. The molecule has 0 aliphatic carbocycles. The van der Waals surface area contributed by atoms with E-state index < -0.39 is 0 Å². The fraction of sp³-hybridized carbons (Fsp3) is 0.333. The Morgan fingerprint density at radius 3 is 2.84 bits per heavy atom. The number of aromatic nitrogens is 2. The lowest BCUT2D eigenvalue weighted by molar-refractivity contribution is 0.597. The molecule has 2 heterocycles. The van der Waals surface area contributed by atoms with Crippen molar-refractivity contribution < 1.29 is 0 Å². The summed E-state index contributed by atoms with van der Waals surface area (Å²) in [4.78, 5) is 16.7. The van der Waals surface area contributed by atoms with Crippen LogP contribution in [0.1, 0.15) is 17.5 Å². The number of aryl methyl sites for hydroxylation is 2. The number of hydrogen-bond donors (Lipinski definition) is 1. The van der Waals surface area contributed by atoms with Gasteiger partial charge in [0.15, 0.2) is 0 Å². The minimum Gasteiger partial charge on any atom is -0.355 e. The Hall–Kier alpha value is -2.10. The molecule has 0 amide bonds. The average Bonchev–Trinajstić information content (AvgIpc) is 2.42. The predicted molar refractivity (Wildman–Crippen MR) is 76.5 cm³/mol. The van der Waals surface area contributed by atoms with Crippen LogP contribution in [-0.2, 0) is 6.54 Å². The van der Waals surface area contributed by atoms with Crippen LogP contribution in [0.5, 0.6) is 0 Å². The Bertz CT molecular complexity index is 688. The smallest absolute Gasteiger partial charge is 0.255 e. The topological polar surface area (TPSA) is 46.9 Å². The van der Waals surface area contributed by atoms with Crippen LogP contribution >= 0.6 is 0 Å². The SMILES string of the molecule is Cc1ccc(-c2cc(=O)n3c(n2)NCCC3)cc1C. The van der Waals surface area contributed by atoms with Crippen LogP contribution in [0.15, 0.2) is 29.1 Å². The van der Waals surface area contributed by atoms with E-state index in [1.165, 1.54) is 11.1 Å². The lowest BCUT2D eigenvalue weighted by Gasteiger charge is -2.19. The molecule has 4 heteroatoms. The van der Waals surface area contributed by atoms with E-state index >= 15 is 0 Å². The zero-order valence-corrected chi connectivity index (χ0v) is 11.2. The summed E-state index contributed by atoms with van der Waals surface area (Å²) in [5, 5.41) is 3.19. The highest BCUT2D eigenvalue weighted by atomic mass is 16.1. The number of nitrogens with one attached hydrogen (secondary N) is 1. The van der Waals surface area contributed by atoms with Gasteiger partial charge in [-0.05, 0) is 37.5 Å². The molecular formula is C15H17N3O. The van der Waals surface area contributed by atoms with Crippen LogP contribution in [0.3, 0.4) is 0 Å². The van der Waals surface area contributed by atoms with Crippen molar-refractivity contribution in [1.29, 1.82) is 0 Å². The second-order valence-corrected chi connectivity index (χ2v) is 5.03. The van der Waals surface area contributed by atoms with Gasteiger partial charge in [-0.1, -0.05) is 12.1 Å². The van der Waals surface area contributed by atoms with Crippen molar-refractivity contribution in [3.8, 4) is 11.3 Å². The number of nitrogens with zero attached hydrogens (tertiary/aromatic N) is 2. The molecule has 0 saturated carbocycles. The summed E-state index contributed by atoms with van der Waals surface area (Å²) in [6.45, 7) is 5.78. The van der Waals surface area contributed by atoms with Gasteiger partial charge in [0.1, 0.15) is 0 Å². The molecule has 1 aromatic heterocycles. The molecule has 0 fully saturated rings. The Morgan fingerprint density at radius 1 is 1.21 bits per heavy atom. The van der Waals surface area contributed by atoms with Crippen LogP contribution in [0.4, 0.5) is 5.95 Å². The molecule has 1 aliphatic heterocycles. The monoisotopic (exact) mass is 255 g/mol. The van der Waals surface area contributed by atoms with Gasteiger partial charge in [0.05, 0.1) is 5.69 Å². The zero-order valence-electron chi connectivity index (χ0n) is 11.2. The van der Waals surface area contributed by atoms with Crippen LogP contribution in [0.2, 0.25) is 0 Å². The highest BCUT2D eigenvalue weighted by molar-refractivity contribution is 5.62. The Balaban J connectivity index is 2.12. The van der Waals surface area contributed by atoms with Gasteiger partial charge in [0.25, 0.3) is 5.56 Å². The maximum atomic E-state index is 12.1. The normalized spacial score (nSPS) is 13.8. The van der Waals surface area contributed by atoms with E-state index in [1.54, 1.807) is 10.6 Å². The van der Waals surface area contributed by atoms with E-state index in [2.05, 4.69) is 36.3 Å². The van der Waals surface area contributed by atoms with E-state index in [0.29, 0.717) is 5.95 Å². The van der Waals surface area contributed by atoms with Gasteiger partial charge < -0.3 is 5.32 Å². The Labute approximate surface area is 112 Å². The molecule has 0 spiro atoms. The molecular weight excluding hydrogens is 238 g/mol. The summed E-state index contributed by atoms with van der Waals surface area (Å²) in [6, 6.07) is 7.79. The van der Waals surface area contributed by atoms with Crippen molar-refractivity contribution in [3.05, 3.63) is 45.7 Å². The molecule has 1 N–H and O–H groups in total. The Morgan fingerprint density at radius 2 is 2.05 bits per heavy atom. The predicted octanol–water partition coefficient (Wildman–Crippen LogP) is 2.34. The first kappa shape index (κ1) is 12.0. The van der Waals surface area contributed by atoms with E-state index in [-0.39, 0.29) is 5.56 Å². The van der Waals surface area contributed by atoms with Gasteiger partial charge in [0.2, 0.25) is 5.95 Å². The highest BCUT2D eigenvalue weighted by Gasteiger charge is 2.13. The molecule has 19 heavy (non-hydrogen) atoms. The number of fused-ring (bicyclic) bond motifs is 1. The largest absolute Gasteiger partial charge is 0.355 e. The van der Waals surface area contributed by atoms with Gasteiger partial charge in [-0.25, -0.2) is 4.98 Å². The number of hydrogen-bond acceptors (Lipinski definition) is 3. The minimum absolute atomic E-state index is 0.0189. The van der Waals surface area contributed by atoms with Crippen molar-refractivity contribution in [2.75, 3.05) is 11.9 Å². The lowest BCUT2D eigenvalue weighted by Crippen LogP contribution is -2.29. The highest BCUT2D eigenvalue weighted by Crippen LogP contribution is 2.21.